The van der Waals surface area contributed by atoms with E-state index in [0.29, 0.717) is 11.2 Å². The Hall–Kier alpha value is -1.64. The highest BCUT2D eigenvalue weighted by Crippen LogP contribution is 2.29. The normalized spacial score (nSPS) is 11.1. The average molecular weight is 188 g/mol. The lowest BCUT2D eigenvalue weighted by atomic mass is 10.1. The second-order valence-electron chi connectivity index (χ2n) is 3.59. The van der Waals surface area contributed by atoms with E-state index in [1.54, 1.807) is 12.4 Å². The molecule has 1 N–H and O–H groups in total. The summed E-state index contributed by atoms with van der Waals surface area (Å²) in [5, 5.41) is 10.8. The number of fused-ring (bicyclic) bond motifs is 1. The van der Waals surface area contributed by atoms with Crippen molar-refractivity contribution in [1.29, 1.82) is 0 Å². The molecule has 0 atom stereocenters. The first kappa shape index (κ1) is 8.94. The van der Waals surface area contributed by atoms with E-state index in [1.807, 2.05) is 26.0 Å². The maximum atomic E-state index is 9.89. The van der Waals surface area contributed by atoms with Crippen LogP contribution in [0.2, 0.25) is 0 Å². The molecule has 0 bridgehead atoms. The maximum Gasteiger partial charge on any atom is 0.163 e. The van der Waals surface area contributed by atoms with Crippen molar-refractivity contribution in [2.45, 2.75) is 19.8 Å². The monoisotopic (exact) mass is 188 g/mol. The fourth-order valence-corrected chi connectivity index (χ4v) is 1.46. The third-order valence-electron chi connectivity index (χ3n) is 2.20. The summed E-state index contributed by atoms with van der Waals surface area (Å²) in [7, 11) is 0. The third-order valence-corrected chi connectivity index (χ3v) is 2.20. The smallest absolute Gasteiger partial charge is 0.163 e. The Bertz CT molecular complexity index is 466. The van der Waals surface area contributed by atoms with E-state index in [1.165, 1.54) is 0 Å². The summed E-state index contributed by atoms with van der Waals surface area (Å²) in [6.07, 6.45) is 3.42. The van der Waals surface area contributed by atoms with Crippen LogP contribution in [0.5, 0.6) is 5.75 Å². The van der Waals surface area contributed by atoms with Gasteiger partial charge in [0.2, 0.25) is 0 Å². The zero-order chi connectivity index (χ0) is 10.1. The average Bonchev–Trinajstić information content (AvgIpc) is 2.18. The van der Waals surface area contributed by atoms with E-state index in [9.17, 15) is 5.11 Å². The van der Waals surface area contributed by atoms with Gasteiger partial charge in [0.1, 0.15) is 5.52 Å². The van der Waals surface area contributed by atoms with Gasteiger partial charge in [0.05, 0.1) is 5.69 Å². The van der Waals surface area contributed by atoms with Crippen LogP contribution in [0.4, 0.5) is 0 Å². The van der Waals surface area contributed by atoms with Crippen molar-refractivity contribution in [3.8, 4) is 5.75 Å². The van der Waals surface area contributed by atoms with Gasteiger partial charge >= 0.3 is 0 Å². The fourth-order valence-electron chi connectivity index (χ4n) is 1.46. The minimum absolute atomic E-state index is 0.207. The van der Waals surface area contributed by atoms with Crippen molar-refractivity contribution in [1.82, 2.24) is 9.97 Å². The predicted molar refractivity (Wildman–Crippen MR) is 55.3 cm³/mol. The molecule has 0 aliphatic rings. The van der Waals surface area contributed by atoms with E-state index in [0.717, 1.165) is 5.39 Å². The van der Waals surface area contributed by atoms with Crippen LogP contribution in [-0.2, 0) is 0 Å². The second kappa shape index (κ2) is 3.25. The molecule has 0 saturated heterocycles. The van der Waals surface area contributed by atoms with Gasteiger partial charge in [0.15, 0.2) is 5.75 Å². The SMILES string of the molecule is CC(C)c1ncc2cccnc2c1O. The second-order valence-corrected chi connectivity index (χ2v) is 3.59. The quantitative estimate of drug-likeness (QED) is 0.747. The van der Waals surface area contributed by atoms with E-state index < -0.39 is 0 Å². The molecule has 0 aliphatic carbocycles. The molecule has 0 unspecified atom stereocenters. The van der Waals surface area contributed by atoms with E-state index in [4.69, 9.17) is 0 Å². The van der Waals surface area contributed by atoms with Crippen molar-refractivity contribution >= 4 is 10.9 Å². The van der Waals surface area contributed by atoms with Crippen LogP contribution in [0.25, 0.3) is 10.9 Å². The molecule has 0 aromatic carbocycles. The van der Waals surface area contributed by atoms with Gasteiger partial charge in [-0.3, -0.25) is 9.97 Å². The molecular formula is C11H12N2O. The summed E-state index contributed by atoms with van der Waals surface area (Å²) < 4.78 is 0. The maximum absolute atomic E-state index is 9.89. The minimum atomic E-state index is 0.207. The lowest BCUT2D eigenvalue weighted by molar-refractivity contribution is 0.465. The molecule has 2 heterocycles. The van der Waals surface area contributed by atoms with Gasteiger partial charge in [-0.1, -0.05) is 13.8 Å². The van der Waals surface area contributed by atoms with Crippen LogP contribution in [0.3, 0.4) is 0 Å². The standard InChI is InChI=1S/C11H12N2O/c1-7(2)9-11(14)10-8(6-13-9)4-3-5-12-10/h3-7,14H,1-2H3. The van der Waals surface area contributed by atoms with Gasteiger partial charge < -0.3 is 5.11 Å². The third kappa shape index (κ3) is 1.31. The Morgan fingerprint density at radius 1 is 1.29 bits per heavy atom. The Morgan fingerprint density at radius 2 is 2.07 bits per heavy atom. The summed E-state index contributed by atoms with van der Waals surface area (Å²) in [4.78, 5) is 8.35. The molecule has 0 spiro atoms. The van der Waals surface area contributed by atoms with Gasteiger partial charge in [0.25, 0.3) is 0 Å². The Balaban J connectivity index is 2.75. The molecule has 0 aliphatic heterocycles. The lowest BCUT2D eigenvalue weighted by Crippen LogP contribution is -1.94. The molecule has 0 saturated carbocycles. The number of hydrogen-bond donors (Lipinski definition) is 1. The topological polar surface area (TPSA) is 46.0 Å². The molecule has 72 valence electrons. The highest BCUT2D eigenvalue weighted by atomic mass is 16.3. The van der Waals surface area contributed by atoms with Crippen LogP contribution in [-0.4, -0.2) is 15.1 Å². The first-order valence-corrected chi connectivity index (χ1v) is 4.62. The van der Waals surface area contributed by atoms with Crippen molar-refractivity contribution in [2.75, 3.05) is 0 Å². The van der Waals surface area contributed by atoms with E-state index in [-0.39, 0.29) is 11.7 Å². The van der Waals surface area contributed by atoms with Gasteiger partial charge in [-0.2, -0.15) is 0 Å². The molecule has 14 heavy (non-hydrogen) atoms. The largest absolute Gasteiger partial charge is 0.504 e. The molecule has 2 aromatic heterocycles. The summed E-state index contributed by atoms with van der Waals surface area (Å²) >= 11 is 0. The number of hydrogen-bond acceptors (Lipinski definition) is 3. The summed E-state index contributed by atoms with van der Waals surface area (Å²) in [6, 6.07) is 3.72. The molecule has 2 rings (SSSR count). The Morgan fingerprint density at radius 3 is 2.79 bits per heavy atom. The summed E-state index contributed by atoms with van der Waals surface area (Å²) in [5.74, 6) is 0.416. The molecule has 3 heteroatoms. The van der Waals surface area contributed by atoms with Gasteiger partial charge in [0, 0.05) is 17.8 Å². The highest BCUT2D eigenvalue weighted by Gasteiger charge is 2.11. The summed E-state index contributed by atoms with van der Waals surface area (Å²) in [6.45, 7) is 3.99. The van der Waals surface area contributed by atoms with Crippen LogP contribution < -0.4 is 0 Å². The first-order chi connectivity index (χ1) is 6.70. The van der Waals surface area contributed by atoms with Crippen LogP contribution in [0.15, 0.2) is 24.5 Å². The molecular weight excluding hydrogens is 176 g/mol. The van der Waals surface area contributed by atoms with Crippen LogP contribution >= 0.6 is 0 Å². The molecule has 3 nitrogen and oxygen atoms in total. The number of rotatable bonds is 1. The number of aromatic nitrogens is 2. The molecule has 0 radical (unpaired) electrons. The van der Waals surface area contributed by atoms with Crippen molar-refractivity contribution in [2.24, 2.45) is 0 Å². The van der Waals surface area contributed by atoms with E-state index >= 15 is 0 Å². The zero-order valence-corrected chi connectivity index (χ0v) is 8.23. The Kier molecular flexibility index (Phi) is 2.08. The molecule has 0 fully saturated rings. The predicted octanol–water partition coefficient (Wildman–Crippen LogP) is 2.46. The minimum Gasteiger partial charge on any atom is -0.504 e. The highest BCUT2D eigenvalue weighted by molar-refractivity contribution is 5.83. The zero-order valence-electron chi connectivity index (χ0n) is 8.23. The first-order valence-electron chi connectivity index (χ1n) is 4.62. The number of aromatic hydroxyl groups is 1. The van der Waals surface area contributed by atoms with Gasteiger partial charge in [-0.05, 0) is 18.1 Å². The number of pyridine rings is 2. The van der Waals surface area contributed by atoms with Crippen molar-refractivity contribution < 1.29 is 5.11 Å². The molecule has 0 amide bonds. The fraction of sp³-hybridized carbons (Fsp3) is 0.273. The molecule has 2 aromatic rings. The Labute approximate surface area is 82.4 Å². The van der Waals surface area contributed by atoms with Crippen LogP contribution in [0.1, 0.15) is 25.5 Å². The van der Waals surface area contributed by atoms with E-state index in [2.05, 4.69) is 9.97 Å². The van der Waals surface area contributed by atoms with Gasteiger partial charge in [-0.15, -0.1) is 0 Å². The van der Waals surface area contributed by atoms with Crippen molar-refractivity contribution in [3.63, 3.8) is 0 Å². The summed E-state index contributed by atoms with van der Waals surface area (Å²) in [5.41, 5.74) is 1.34. The van der Waals surface area contributed by atoms with Gasteiger partial charge in [-0.25, -0.2) is 0 Å². The lowest BCUT2D eigenvalue weighted by Gasteiger charge is -2.08. The van der Waals surface area contributed by atoms with Crippen molar-refractivity contribution in [3.05, 3.63) is 30.2 Å². The number of nitrogens with zero attached hydrogens (tertiary/aromatic N) is 2. The van der Waals surface area contributed by atoms with Crippen LogP contribution in [0, 0.1) is 0 Å².